The maximum atomic E-state index is 12.2. The lowest BCUT2D eigenvalue weighted by Gasteiger charge is -2.22. The molecule has 2 aromatic rings. The molecule has 0 aliphatic heterocycles. The molecule has 6 nitrogen and oxygen atoms in total. The van der Waals surface area contributed by atoms with E-state index in [0.29, 0.717) is 17.9 Å². The van der Waals surface area contributed by atoms with E-state index in [0.717, 1.165) is 24.0 Å². The Kier molecular flexibility index (Phi) is 5.58. The zero-order valence-electron chi connectivity index (χ0n) is 14.5. The number of aromatic amines is 1. The number of carbonyl (C=O) groups excluding carboxylic acids is 1. The number of aromatic nitrogens is 3. The number of benzene rings is 1. The molecule has 1 aromatic carbocycles. The second-order valence-electron chi connectivity index (χ2n) is 6.72. The first-order chi connectivity index (χ1) is 12.1. The maximum Gasteiger partial charge on any atom is 0.273 e. The highest BCUT2D eigenvalue weighted by molar-refractivity contribution is 5.76. The van der Waals surface area contributed by atoms with Crippen LogP contribution in [0.5, 0.6) is 0 Å². The Hall–Kier alpha value is -2.50. The van der Waals surface area contributed by atoms with Crippen molar-refractivity contribution in [3.05, 3.63) is 45.9 Å². The van der Waals surface area contributed by atoms with Crippen molar-refractivity contribution in [2.45, 2.75) is 57.9 Å². The molecule has 1 aromatic heterocycles. The average Bonchev–Trinajstić information content (AvgIpc) is 2.61. The summed E-state index contributed by atoms with van der Waals surface area (Å²) in [5.41, 5.74) is 1.93. The van der Waals surface area contributed by atoms with Crippen molar-refractivity contribution in [3.8, 4) is 11.4 Å². The summed E-state index contributed by atoms with van der Waals surface area (Å²) in [7, 11) is 0. The van der Waals surface area contributed by atoms with Crippen molar-refractivity contribution in [2.75, 3.05) is 0 Å². The van der Waals surface area contributed by atoms with E-state index in [1.807, 2.05) is 31.2 Å². The van der Waals surface area contributed by atoms with Gasteiger partial charge in [0.05, 0.1) is 0 Å². The number of nitrogens with one attached hydrogen (secondary N) is 2. The van der Waals surface area contributed by atoms with E-state index in [1.54, 1.807) is 0 Å². The fraction of sp³-hybridized carbons (Fsp3) is 0.474. The molecule has 0 radical (unpaired) electrons. The fourth-order valence-electron chi connectivity index (χ4n) is 3.22. The summed E-state index contributed by atoms with van der Waals surface area (Å²) in [6.45, 7) is 1.98. The molecule has 0 saturated heterocycles. The highest BCUT2D eigenvalue weighted by atomic mass is 16.1. The van der Waals surface area contributed by atoms with E-state index in [4.69, 9.17) is 0 Å². The topological polar surface area (TPSA) is 87.7 Å². The Labute approximate surface area is 147 Å². The van der Waals surface area contributed by atoms with Crippen LogP contribution in [0, 0.1) is 6.92 Å². The number of aryl methyl sites for hydroxylation is 2. The van der Waals surface area contributed by atoms with Crippen molar-refractivity contribution in [2.24, 2.45) is 0 Å². The third-order valence-corrected chi connectivity index (χ3v) is 4.62. The van der Waals surface area contributed by atoms with Crippen molar-refractivity contribution in [3.63, 3.8) is 0 Å². The molecule has 1 fully saturated rings. The third kappa shape index (κ3) is 4.75. The molecule has 1 aliphatic carbocycles. The van der Waals surface area contributed by atoms with Crippen LogP contribution in [0.25, 0.3) is 11.4 Å². The molecule has 132 valence electrons. The highest BCUT2D eigenvalue weighted by Crippen LogP contribution is 2.17. The lowest BCUT2D eigenvalue weighted by molar-refractivity contribution is -0.122. The molecule has 0 bridgehead atoms. The minimum Gasteiger partial charge on any atom is -0.353 e. The standard InChI is InChI=1S/C19H24N4O2/c1-13-6-5-7-14(12-13)18-21-19(25)16(22-23-18)10-11-17(24)20-15-8-3-2-4-9-15/h5-7,12,15H,2-4,8-11H2,1H3,(H,20,24)(H,21,23,25). The van der Waals surface area contributed by atoms with E-state index < -0.39 is 0 Å². The van der Waals surface area contributed by atoms with Crippen LogP contribution in [-0.2, 0) is 11.2 Å². The van der Waals surface area contributed by atoms with Crippen molar-refractivity contribution < 1.29 is 4.79 Å². The molecule has 1 heterocycles. The van der Waals surface area contributed by atoms with Crippen molar-refractivity contribution in [1.29, 1.82) is 0 Å². The van der Waals surface area contributed by atoms with Gasteiger partial charge in [-0.1, -0.05) is 43.0 Å². The second-order valence-corrected chi connectivity index (χ2v) is 6.72. The van der Waals surface area contributed by atoms with E-state index in [-0.39, 0.29) is 23.9 Å². The molecular formula is C19H24N4O2. The summed E-state index contributed by atoms with van der Waals surface area (Å²) in [4.78, 5) is 27.0. The van der Waals surface area contributed by atoms with E-state index in [9.17, 15) is 9.59 Å². The molecule has 0 atom stereocenters. The number of hydrogen-bond donors (Lipinski definition) is 2. The minimum atomic E-state index is -0.281. The SMILES string of the molecule is Cc1cccc(-c2nnc(CCC(=O)NC3CCCCC3)c(=O)[nH]2)c1. The number of carbonyl (C=O) groups is 1. The van der Waals surface area contributed by atoms with Gasteiger partial charge < -0.3 is 10.3 Å². The highest BCUT2D eigenvalue weighted by Gasteiger charge is 2.16. The summed E-state index contributed by atoms with van der Waals surface area (Å²) >= 11 is 0. The number of H-pyrrole nitrogens is 1. The first-order valence-electron chi connectivity index (χ1n) is 8.94. The van der Waals surface area contributed by atoms with E-state index in [2.05, 4.69) is 20.5 Å². The first kappa shape index (κ1) is 17.3. The molecule has 1 amide bonds. The molecule has 0 spiro atoms. The number of rotatable bonds is 5. The predicted octanol–water partition coefficient (Wildman–Crippen LogP) is 2.52. The lowest BCUT2D eigenvalue weighted by atomic mass is 9.95. The van der Waals surface area contributed by atoms with Gasteiger partial charge in [0.25, 0.3) is 5.56 Å². The molecule has 0 unspecified atom stereocenters. The number of hydrogen-bond acceptors (Lipinski definition) is 4. The van der Waals surface area contributed by atoms with Crippen LogP contribution in [0.1, 0.15) is 49.8 Å². The molecule has 2 N–H and O–H groups in total. The first-order valence-corrected chi connectivity index (χ1v) is 8.94. The second kappa shape index (κ2) is 8.05. The molecule has 6 heteroatoms. The van der Waals surface area contributed by atoms with Crippen LogP contribution in [0.4, 0.5) is 0 Å². The summed E-state index contributed by atoms with van der Waals surface area (Å²) in [5.74, 6) is 0.431. The van der Waals surface area contributed by atoms with Crippen molar-refractivity contribution in [1.82, 2.24) is 20.5 Å². The monoisotopic (exact) mass is 340 g/mol. The number of nitrogens with zero attached hydrogens (tertiary/aromatic N) is 2. The van der Waals surface area contributed by atoms with Crippen LogP contribution in [0.15, 0.2) is 29.1 Å². The largest absolute Gasteiger partial charge is 0.353 e. The summed E-state index contributed by atoms with van der Waals surface area (Å²) in [5, 5.41) is 11.2. The van der Waals surface area contributed by atoms with E-state index >= 15 is 0 Å². The predicted molar refractivity (Wildman–Crippen MR) is 96.2 cm³/mol. The smallest absolute Gasteiger partial charge is 0.273 e. The van der Waals surface area contributed by atoms with Crippen LogP contribution >= 0.6 is 0 Å². The van der Waals surface area contributed by atoms with Gasteiger partial charge in [-0.25, -0.2) is 0 Å². The van der Waals surface area contributed by atoms with Gasteiger partial charge in [-0.15, -0.1) is 10.2 Å². The number of amides is 1. The van der Waals surface area contributed by atoms with Gasteiger partial charge in [-0.2, -0.15) is 0 Å². The quantitative estimate of drug-likeness (QED) is 0.875. The zero-order chi connectivity index (χ0) is 17.6. The van der Waals surface area contributed by atoms with E-state index in [1.165, 1.54) is 19.3 Å². The normalized spacial score (nSPS) is 15.1. The van der Waals surface area contributed by atoms with Crippen LogP contribution in [-0.4, -0.2) is 27.1 Å². The van der Waals surface area contributed by atoms with Gasteiger partial charge in [-0.3, -0.25) is 9.59 Å². The molecule has 1 saturated carbocycles. The molecule has 3 rings (SSSR count). The Morgan fingerprint density at radius 1 is 1.24 bits per heavy atom. The Balaban J connectivity index is 1.59. The molecular weight excluding hydrogens is 316 g/mol. The fourth-order valence-corrected chi connectivity index (χ4v) is 3.22. The van der Waals surface area contributed by atoms with Gasteiger partial charge in [0.15, 0.2) is 5.82 Å². The van der Waals surface area contributed by atoms with Gasteiger partial charge in [0, 0.05) is 24.4 Å². The zero-order valence-corrected chi connectivity index (χ0v) is 14.5. The Morgan fingerprint density at radius 3 is 2.76 bits per heavy atom. The summed E-state index contributed by atoms with van der Waals surface area (Å²) < 4.78 is 0. The van der Waals surface area contributed by atoms with Crippen LogP contribution < -0.4 is 10.9 Å². The van der Waals surface area contributed by atoms with Gasteiger partial charge >= 0.3 is 0 Å². The van der Waals surface area contributed by atoms with Crippen molar-refractivity contribution >= 4 is 5.91 Å². The molecule has 1 aliphatic rings. The summed E-state index contributed by atoms with van der Waals surface area (Å²) in [6.07, 6.45) is 6.28. The third-order valence-electron chi connectivity index (χ3n) is 4.62. The summed E-state index contributed by atoms with van der Waals surface area (Å²) in [6, 6.07) is 8.00. The average molecular weight is 340 g/mol. The minimum absolute atomic E-state index is 0.0177. The van der Waals surface area contributed by atoms with Gasteiger partial charge in [0.1, 0.15) is 5.69 Å². The maximum absolute atomic E-state index is 12.2. The Bertz CT molecular complexity index is 794. The Morgan fingerprint density at radius 2 is 2.04 bits per heavy atom. The van der Waals surface area contributed by atoms with Gasteiger partial charge in [-0.05, 0) is 25.8 Å². The lowest BCUT2D eigenvalue weighted by Crippen LogP contribution is -2.36. The van der Waals surface area contributed by atoms with Crippen LogP contribution in [0.2, 0.25) is 0 Å². The van der Waals surface area contributed by atoms with Gasteiger partial charge in [0.2, 0.25) is 5.91 Å². The van der Waals surface area contributed by atoms with Crippen LogP contribution in [0.3, 0.4) is 0 Å². The molecule has 25 heavy (non-hydrogen) atoms.